The van der Waals surface area contributed by atoms with Crippen molar-refractivity contribution in [2.45, 2.75) is 29.1 Å². The van der Waals surface area contributed by atoms with E-state index >= 15 is 0 Å². The molecule has 1 N–H and O–H groups in total. The highest BCUT2D eigenvalue weighted by Crippen LogP contribution is 2.31. The summed E-state index contributed by atoms with van der Waals surface area (Å²) < 4.78 is 19.8. The maximum atomic E-state index is 12.8. The Morgan fingerprint density at radius 3 is 2.89 bits per heavy atom. The number of aromatic amines is 1. The molecule has 0 aliphatic heterocycles. The van der Waals surface area contributed by atoms with Crippen molar-refractivity contribution >= 4 is 21.8 Å². The molecule has 9 heteroatoms. The Morgan fingerprint density at radius 1 is 1.21 bits per heavy atom. The van der Waals surface area contributed by atoms with Crippen LogP contribution in [0.15, 0.2) is 53.9 Å². The van der Waals surface area contributed by atoms with E-state index in [-0.39, 0.29) is 11.4 Å². The number of ether oxygens (including phenoxy) is 1. The Hall–Kier alpha value is -2.91. The predicted octanol–water partition coefficient (Wildman–Crippen LogP) is 2.49. The largest absolute Gasteiger partial charge is 0.381 e. The standard InChI is InChI=1S/C19H18N6O2S/c1-27-15-7-16(8-15)28(26)17-6-13-9-23-25(19(13)20-10-17)14-4-2-3-12(5-14)18-21-11-22-24-18/h2-6,9-11,15-16H,7-8H2,1H3,(H,21,22,24). The lowest BCUT2D eigenvalue weighted by Gasteiger charge is -2.33. The third-order valence-electron chi connectivity index (χ3n) is 5.08. The average molecular weight is 394 g/mol. The second kappa shape index (κ2) is 6.92. The SMILES string of the molecule is COC1CC(S(=O)c2cnc3c(cnn3-c3cccc(-c4ncn[nH]4)c3)c2)C1. The summed E-state index contributed by atoms with van der Waals surface area (Å²) in [6, 6.07) is 9.74. The first-order valence-corrected chi connectivity index (χ1v) is 10.2. The molecule has 8 nitrogen and oxygen atoms in total. The molecule has 0 spiro atoms. The maximum Gasteiger partial charge on any atom is 0.162 e. The van der Waals surface area contributed by atoms with E-state index in [2.05, 4.69) is 25.3 Å². The zero-order valence-electron chi connectivity index (χ0n) is 15.1. The van der Waals surface area contributed by atoms with Crippen LogP contribution in [0, 0.1) is 0 Å². The van der Waals surface area contributed by atoms with E-state index in [1.165, 1.54) is 6.33 Å². The molecule has 1 aliphatic rings. The van der Waals surface area contributed by atoms with Gasteiger partial charge in [-0.2, -0.15) is 10.2 Å². The van der Waals surface area contributed by atoms with Crippen molar-refractivity contribution in [3.63, 3.8) is 0 Å². The summed E-state index contributed by atoms with van der Waals surface area (Å²) >= 11 is 0. The Kier molecular flexibility index (Phi) is 4.25. The molecular weight excluding hydrogens is 376 g/mol. The van der Waals surface area contributed by atoms with Crippen LogP contribution in [0.3, 0.4) is 0 Å². The van der Waals surface area contributed by atoms with Crippen molar-refractivity contribution in [1.82, 2.24) is 29.9 Å². The van der Waals surface area contributed by atoms with Crippen LogP contribution in [0.5, 0.6) is 0 Å². The molecule has 3 heterocycles. The Morgan fingerprint density at radius 2 is 2.11 bits per heavy atom. The maximum absolute atomic E-state index is 12.8. The summed E-state index contributed by atoms with van der Waals surface area (Å²) in [5.74, 6) is 0.693. The van der Waals surface area contributed by atoms with Crippen molar-refractivity contribution in [3.05, 3.63) is 49.1 Å². The van der Waals surface area contributed by atoms with E-state index in [1.807, 2.05) is 30.3 Å². The van der Waals surface area contributed by atoms with E-state index < -0.39 is 10.8 Å². The highest BCUT2D eigenvalue weighted by molar-refractivity contribution is 7.85. The van der Waals surface area contributed by atoms with Crippen LogP contribution in [-0.2, 0) is 15.5 Å². The van der Waals surface area contributed by atoms with E-state index in [0.29, 0.717) is 5.82 Å². The fourth-order valence-electron chi connectivity index (χ4n) is 3.41. The third kappa shape index (κ3) is 2.92. The molecule has 1 atom stereocenters. The van der Waals surface area contributed by atoms with E-state index in [9.17, 15) is 4.21 Å². The lowest BCUT2D eigenvalue weighted by Crippen LogP contribution is -2.37. The normalized spacial score (nSPS) is 20.2. The molecular formula is C19H18N6O2S. The Labute approximate surface area is 163 Å². The summed E-state index contributed by atoms with van der Waals surface area (Å²) in [7, 11) is 0.620. The van der Waals surface area contributed by atoms with Gasteiger partial charge in [0.05, 0.1) is 33.7 Å². The molecule has 5 rings (SSSR count). The Bertz CT molecular complexity index is 1150. The number of hydrogen-bond donors (Lipinski definition) is 1. The first-order chi connectivity index (χ1) is 13.7. The number of aromatic nitrogens is 6. The van der Waals surface area contributed by atoms with E-state index in [4.69, 9.17) is 4.74 Å². The second-order valence-electron chi connectivity index (χ2n) is 6.77. The number of methoxy groups -OCH3 is 1. The van der Waals surface area contributed by atoms with Crippen molar-refractivity contribution in [2.75, 3.05) is 7.11 Å². The first kappa shape index (κ1) is 17.2. The summed E-state index contributed by atoms with van der Waals surface area (Å²) in [5, 5.41) is 12.2. The molecule has 3 aromatic heterocycles. The van der Waals surface area contributed by atoms with Crippen molar-refractivity contribution < 1.29 is 8.95 Å². The minimum Gasteiger partial charge on any atom is -0.381 e. The van der Waals surface area contributed by atoms with Gasteiger partial charge in [0, 0.05) is 29.5 Å². The summed E-state index contributed by atoms with van der Waals surface area (Å²) in [6.07, 6.45) is 6.81. The van der Waals surface area contributed by atoms with Crippen LogP contribution in [0.4, 0.5) is 0 Å². The van der Waals surface area contributed by atoms with Gasteiger partial charge in [-0.15, -0.1) is 0 Å². The smallest absolute Gasteiger partial charge is 0.162 e. The van der Waals surface area contributed by atoms with E-state index in [1.54, 1.807) is 24.2 Å². The molecule has 0 bridgehead atoms. The topological polar surface area (TPSA) is 98.6 Å². The molecule has 28 heavy (non-hydrogen) atoms. The number of hydrogen-bond acceptors (Lipinski definition) is 6. The fraction of sp³-hybridized carbons (Fsp3) is 0.263. The van der Waals surface area contributed by atoms with Gasteiger partial charge in [0.25, 0.3) is 0 Å². The quantitative estimate of drug-likeness (QED) is 0.558. The van der Waals surface area contributed by atoms with Gasteiger partial charge < -0.3 is 4.74 Å². The van der Waals surface area contributed by atoms with Crippen molar-refractivity contribution in [1.29, 1.82) is 0 Å². The summed E-state index contributed by atoms with van der Waals surface area (Å²) in [6.45, 7) is 0. The van der Waals surface area contributed by atoms with Crippen molar-refractivity contribution in [2.24, 2.45) is 0 Å². The van der Waals surface area contributed by atoms with Gasteiger partial charge in [-0.3, -0.25) is 9.31 Å². The van der Waals surface area contributed by atoms with Crippen LogP contribution in [-0.4, -0.2) is 52.6 Å². The third-order valence-corrected chi connectivity index (χ3v) is 6.76. The number of fused-ring (bicyclic) bond motifs is 1. The molecule has 4 aromatic rings. The molecule has 1 aromatic carbocycles. The molecule has 0 saturated heterocycles. The van der Waals surface area contributed by atoms with Gasteiger partial charge in [-0.1, -0.05) is 12.1 Å². The minimum atomic E-state index is -1.08. The fourth-order valence-corrected chi connectivity index (χ4v) is 4.97. The van der Waals surface area contributed by atoms with Crippen LogP contribution in [0.1, 0.15) is 12.8 Å². The number of nitrogens with zero attached hydrogens (tertiary/aromatic N) is 5. The number of nitrogens with one attached hydrogen (secondary N) is 1. The molecule has 142 valence electrons. The van der Waals surface area contributed by atoms with Crippen LogP contribution >= 0.6 is 0 Å². The van der Waals surface area contributed by atoms with Crippen LogP contribution in [0.25, 0.3) is 28.1 Å². The van der Waals surface area contributed by atoms with E-state index in [0.717, 1.165) is 40.0 Å². The predicted molar refractivity (Wildman–Crippen MR) is 104 cm³/mol. The summed E-state index contributed by atoms with van der Waals surface area (Å²) in [5.41, 5.74) is 2.50. The van der Waals surface area contributed by atoms with Gasteiger partial charge in [-0.05, 0) is 31.0 Å². The number of pyridine rings is 1. The Balaban J connectivity index is 1.46. The van der Waals surface area contributed by atoms with Gasteiger partial charge in [0.15, 0.2) is 11.5 Å². The average Bonchev–Trinajstić information content (AvgIpc) is 3.36. The zero-order valence-corrected chi connectivity index (χ0v) is 16.0. The van der Waals surface area contributed by atoms with Gasteiger partial charge >= 0.3 is 0 Å². The van der Waals surface area contributed by atoms with Gasteiger partial charge in [-0.25, -0.2) is 14.6 Å². The number of rotatable bonds is 5. The number of H-pyrrole nitrogens is 1. The molecule has 1 saturated carbocycles. The number of benzene rings is 1. The van der Waals surface area contributed by atoms with Crippen molar-refractivity contribution in [3.8, 4) is 17.1 Å². The lowest BCUT2D eigenvalue weighted by atomic mass is 9.95. The van der Waals surface area contributed by atoms with Crippen LogP contribution in [0.2, 0.25) is 0 Å². The molecule has 1 aliphatic carbocycles. The van der Waals surface area contributed by atoms with Gasteiger partial charge in [0.2, 0.25) is 0 Å². The molecule has 0 amide bonds. The highest BCUT2D eigenvalue weighted by atomic mass is 32.2. The monoisotopic (exact) mass is 394 g/mol. The lowest BCUT2D eigenvalue weighted by molar-refractivity contribution is 0.0447. The van der Waals surface area contributed by atoms with Crippen LogP contribution < -0.4 is 0 Å². The first-order valence-electron chi connectivity index (χ1n) is 8.96. The molecule has 0 radical (unpaired) electrons. The minimum absolute atomic E-state index is 0.137. The zero-order chi connectivity index (χ0) is 19.1. The highest BCUT2D eigenvalue weighted by Gasteiger charge is 2.34. The second-order valence-corrected chi connectivity index (χ2v) is 8.51. The molecule has 1 unspecified atom stereocenters. The molecule has 1 fully saturated rings. The summed E-state index contributed by atoms with van der Waals surface area (Å²) in [4.78, 5) is 9.48. The van der Waals surface area contributed by atoms with Gasteiger partial charge in [0.1, 0.15) is 6.33 Å².